The van der Waals surface area contributed by atoms with Gasteiger partial charge in [-0.15, -0.1) is 0 Å². The molecule has 1 heterocycles. The monoisotopic (exact) mass is 350 g/mol. The number of nitriles is 1. The molecule has 1 aromatic heterocycles. The number of amides is 1. The van der Waals surface area contributed by atoms with E-state index in [1.807, 2.05) is 6.07 Å². The summed E-state index contributed by atoms with van der Waals surface area (Å²) in [5.74, 6) is -1.89. The maximum Gasteiger partial charge on any atom is 0.274 e. The molecule has 2 N–H and O–H groups in total. The lowest BCUT2D eigenvalue weighted by Gasteiger charge is -2.09. The molecule has 3 rings (SSSR count). The van der Waals surface area contributed by atoms with E-state index in [4.69, 9.17) is 5.26 Å². The Morgan fingerprint density at radius 2 is 1.85 bits per heavy atom. The van der Waals surface area contributed by atoms with Gasteiger partial charge in [-0.1, -0.05) is 12.1 Å². The van der Waals surface area contributed by atoms with E-state index in [-0.39, 0.29) is 11.4 Å². The highest BCUT2D eigenvalue weighted by Crippen LogP contribution is 2.20. The van der Waals surface area contributed by atoms with E-state index in [9.17, 15) is 13.6 Å². The number of benzene rings is 2. The van der Waals surface area contributed by atoms with E-state index in [2.05, 4.69) is 15.6 Å². The van der Waals surface area contributed by atoms with Crippen LogP contribution in [0, 0.1) is 23.0 Å². The van der Waals surface area contributed by atoms with Gasteiger partial charge in [0.05, 0.1) is 28.8 Å². The number of para-hydroxylation sites is 1. The third-order valence-electron chi connectivity index (χ3n) is 3.50. The summed E-state index contributed by atoms with van der Waals surface area (Å²) in [6.45, 7) is 0. The highest BCUT2D eigenvalue weighted by atomic mass is 19.1. The molecule has 0 radical (unpaired) electrons. The summed E-state index contributed by atoms with van der Waals surface area (Å²) < 4.78 is 26.6. The average Bonchev–Trinajstić information content (AvgIpc) is 2.65. The minimum Gasteiger partial charge on any atom is -0.352 e. The number of hydrogen-bond acceptors (Lipinski definition) is 4. The van der Waals surface area contributed by atoms with Crippen molar-refractivity contribution in [3.8, 4) is 6.07 Å². The van der Waals surface area contributed by atoms with E-state index in [0.29, 0.717) is 16.9 Å². The van der Waals surface area contributed by atoms with Crippen LogP contribution in [-0.4, -0.2) is 10.9 Å². The molecule has 0 unspecified atom stereocenters. The molecule has 0 spiro atoms. The van der Waals surface area contributed by atoms with Crippen LogP contribution in [0.25, 0.3) is 0 Å². The Hall–Kier alpha value is -3.79. The number of pyridine rings is 1. The molecule has 5 nitrogen and oxygen atoms in total. The third kappa shape index (κ3) is 3.82. The van der Waals surface area contributed by atoms with Crippen molar-refractivity contribution in [3.05, 3.63) is 83.7 Å². The summed E-state index contributed by atoms with van der Waals surface area (Å²) in [7, 11) is 0. The van der Waals surface area contributed by atoms with Crippen molar-refractivity contribution < 1.29 is 13.6 Å². The van der Waals surface area contributed by atoms with Gasteiger partial charge in [-0.05, 0) is 36.4 Å². The van der Waals surface area contributed by atoms with Gasteiger partial charge >= 0.3 is 0 Å². The molecule has 0 fully saturated rings. The number of nitrogens with one attached hydrogen (secondary N) is 2. The van der Waals surface area contributed by atoms with E-state index >= 15 is 0 Å². The first-order chi connectivity index (χ1) is 12.6. The van der Waals surface area contributed by atoms with Gasteiger partial charge < -0.3 is 10.6 Å². The molecule has 0 bridgehead atoms. The molecule has 3 aromatic rings. The predicted octanol–water partition coefficient (Wildman–Crippen LogP) is 4.23. The van der Waals surface area contributed by atoms with Gasteiger partial charge in [0.15, 0.2) is 0 Å². The fraction of sp³-hybridized carbons (Fsp3) is 0. The van der Waals surface area contributed by atoms with Crippen LogP contribution in [-0.2, 0) is 0 Å². The minimum atomic E-state index is -0.736. The van der Waals surface area contributed by atoms with Gasteiger partial charge in [0.1, 0.15) is 23.4 Å². The summed E-state index contributed by atoms with van der Waals surface area (Å²) in [5.41, 5.74) is 1.38. The Morgan fingerprint density at radius 1 is 1.04 bits per heavy atom. The van der Waals surface area contributed by atoms with Crippen molar-refractivity contribution in [3.63, 3.8) is 0 Å². The van der Waals surface area contributed by atoms with Crippen molar-refractivity contribution in [2.45, 2.75) is 0 Å². The molecule has 0 atom stereocenters. The third-order valence-corrected chi connectivity index (χ3v) is 3.50. The molecule has 1 amide bonds. The average molecular weight is 350 g/mol. The van der Waals surface area contributed by atoms with Crippen molar-refractivity contribution in [2.24, 2.45) is 0 Å². The summed E-state index contributed by atoms with van der Waals surface area (Å²) >= 11 is 0. The summed E-state index contributed by atoms with van der Waals surface area (Å²) in [6.07, 6.45) is 1.36. The molecule has 128 valence electrons. The van der Waals surface area contributed by atoms with Crippen molar-refractivity contribution >= 4 is 23.0 Å². The molecule has 0 saturated carbocycles. The van der Waals surface area contributed by atoms with Crippen LogP contribution in [0.15, 0.2) is 60.8 Å². The zero-order chi connectivity index (χ0) is 18.5. The number of anilines is 3. The summed E-state index contributed by atoms with van der Waals surface area (Å²) in [5, 5.41) is 14.4. The van der Waals surface area contributed by atoms with Crippen LogP contribution in [0.4, 0.5) is 25.8 Å². The van der Waals surface area contributed by atoms with E-state index in [1.165, 1.54) is 18.3 Å². The Morgan fingerprint density at radius 3 is 2.54 bits per heavy atom. The molecule has 26 heavy (non-hydrogen) atoms. The second-order valence-corrected chi connectivity index (χ2v) is 5.29. The van der Waals surface area contributed by atoms with Crippen LogP contribution in [0.2, 0.25) is 0 Å². The molecule has 0 aliphatic rings. The molecule has 2 aromatic carbocycles. The Kier molecular flexibility index (Phi) is 4.85. The number of nitrogens with zero attached hydrogens (tertiary/aromatic N) is 2. The highest BCUT2D eigenvalue weighted by molar-refractivity contribution is 6.03. The summed E-state index contributed by atoms with van der Waals surface area (Å²) in [4.78, 5) is 16.3. The van der Waals surface area contributed by atoms with Crippen LogP contribution in [0.1, 0.15) is 16.1 Å². The van der Waals surface area contributed by atoms with Crippen LogP contribution in [0.3, 0.4) is 0 Å². The van der Waals surface area contributed by atoms with Crippen molar-refractivity contribution in [1.82, 2.24) is 4.98 Å². The normalized spacial score (nSPS) is 10.0. The number of aromatic nitrogens is 1. The number of hydrogen-bond donors (Lipinski definition) is 2. The lowest BCUT2D eigenvalue weighted by Crippen LogP contribution is -2.14. The zero-order valence-electron chi connectivity index (χ0n) is 13.3. The number of carbonyl (C=O) groups excluding carboxylic acids is 1. The molecule has 7 heteroatoms. The predicted molar refractivity (Wildman–Crippen MR) is 93.0 cm³/mol. The zero-order valence-corrected chi connectivity index (χ0v) is 13.3. The Balaban J connectivity index is 1.73. The SMILES string of the molecule is N#Cc1ccccc1NC(=O)c1ccc(Nc2ccc(F)cc2F)cn1. The van der Waals surface area contributed by atoms with Gasteiger partial charge in [-0.2, -0.15) is 5.26 Å². The first kappa shape index (κ1) is 17.0. The first-order valence-corrected chi connectivity index (χ1v) is 7.55. The van der Waals surface area contributed by atoms with Gasteiger partial charge in [0, 0.05) is 6.07 Å². The van der Waals surface area contributed by atoms with Crippen LogP contribution in [0.5, 0.6) is 0 Å². The summed E-state index contributed by atoms with van der Waals surface area (Å²) in [6, 6.07) is 14.8. The smallest absolute Gasteiger partial charge is 0.274 e. The van der Waals surface area contributed by atoms with E-state index in [1.54, 1.807) is 30.3 Å². The fourth-order valence-corrected chi connectivity index (χ4v) is 2.22. The second kappa shape index (κ2) is 7.40. The van der Waals surface area contributed by atoms with Crippen molar-refractivity contribution in [1.29, 1.82) is 5.26 Å². The fourth-order valence-electron chi connectivity index (χ4n) is 2.22. The van der Waals surface area contributed by atoms with Crippen molar-refractivity contribution in [2.75, 3.05) is 10.6 Å². The molecule has 0 aliphatic carbocycles. The quantitative estimate of drug-likeness (QED) is 0.738. The van der Waals surface area contributed by atoms with Gasteiger partial charge in [0.2, 0.25) is 0 Å². The topological polar surface area (TPSA) is 77.8 Å². The lowest BCUT2D eigenvalue weighted by atomic mass is 10.2. The highest BCUT2D eigenvalue weighted by Gasteiger charge is 2.11. The Labute approximate surface area is 147 Å². The van der Waals surface area contributed by atoms with E-state index < -0.39 is 17.5 Å². The Bertz CT molecular complexity index is 997. The largest absolute Gasteiger partial charge is 0.352 e. The standard InChI is InChI=1S/C19H12F2N4O/c20-13-5-7-17(15(21)9-13)24-14-6-8-18(23-11-14)19(26)25-16-4-2-1-3-12(16)10-22/h1-9,11,24H,(H,25,26). The minimum absolute atomic E-state index is 0.0911. The van der Waals surface area contributed by atoms with E-state index in [0.717, 1.165) is 12.1 Å². The molecular weight excluding hydrogens is 338 g/mol. The number of rotatable bonds is 4. The van der Waals surface area contributed by atoms with Gasteiger partial charge in [0.25, 0.3) is 5.91 Å². The molecule has 0 aliphatic heterocycles. The number of carbonyl (C=O) groups is 1. The molecular formula is C19H12F2N4O. The number of halogens is 2. The molecule has 0 saturated heterocycles. The van der Waals surface area contributed by atoms with Gasteiger partial charge in [-0.3, -0.25) is 4.79 Å². The van der Waals surface area contributed by atoms with Crippen LogP contribution < -0.4 is 10.6 Å². The second-order valence-electron chi connectivity index (χ2n) is 5.29. The van der Waals surface area contributed by atoms with Gasteiger partial charge in [-0.25, -0.2) is 13.8 Å². The first-order valence-electron chi connectivity index (χ1n) is 7.55. The maximum atomic E-state index is 13.6. The van der Waals surface area contributed by atoms with Crippen LogP contribution >= 0.6 is 0 Å². The maximum absolute atomic E-state index is 13.6. The lowest BCUT2D eigenvalue weighted by molar-refractivity contribution is 0.102.